The highest BCUT2D eigenvalue weighted by Crippen LogP contribution is 2.19. The van der Waals surface area contributed by atoms with Gasteiger partial charge in [-0.05, 0) is 42.8 Å². The lowest BCUT2D eigenvalue weighted by molar-refractivity contribution is -0.136. The van der Waals surface area contributed by atoms with Crippen LogP contribution in [0.3, 0.4) is 0 Å². The van der Waals surface area contributed by atoms with Crippen LogP contribution in [0.25, 0.3) is 0 Å². The molecular weight excluding hydrogens is 344 g/mol. The predicted molar refractivity (Wildman–Crippen MR) is 102 cm³/mol. The average molecular weight is 366 g/mol. The van der Waals surface area contributed by atoms with E-state index < -0.39 is 5.97 Å². The highest BCUT2D eigenvalue weighted by atomic mass is 16.4. The van der Waals surface area contributed by atoms with Gasteiger partial charge >= 0.3 is 5.97 Å². The zero-order chi connectivity index (χ0) is 19.4. The van der Waals surface area contributed by atoms with Crippen LogP contribution in [0.1, 0.15) is 33.2 Å². The normalized spacial score (nSPS) is 14.1. The second-order valence-electron chi connectivity index (χ2n) is 6.61. The first-order valence-electron chi connectivity index (χ1n) is 8.90. The summed E-state index contributed by atoms with van der Waals surface area (Å²) in [5.41, 5.74) is 2.71. The van der Waals surface area contributed by atoms with Crippen molar-refractivity contribution in [2.75, 3.05) is 31.1 Å². The molecule has 1 amide bonds. The maximum Gasteiger partial charge on any atom is 0.307 e. The maximum absolute atomic E-state index is 12.8. The highest BCUT2D eigenvalue weighted by Gasteiger charge is 2.24. The van der Waals surface area contributed by atoms with Crippen LogP contribution in [0.15, 0.2) is 48.5 Å². The zero-order valence-corrected chi connectivity index (χ0v) is 15.2. The number of carboxylic acid groups (broad SMARTS) is 1. The van der Waals surface area contributed by atoms with Crippen LogP contribution in [-0.2, 0) is 11.2 Å². The maximum atomic E-state index is 12.8. The van der Waals surface area contributed by atoms with E-state index in [9.17, 15) is 14.4 Å². The Morgan fingerprint density at radius 2 is 1.56 bits per heavy atom. The molecule has 0 saturated carbocycles. The van der Waals surface area contributed by atoms with Crippen molar-refractivity contribution in [3.8, 4) is 0 Å². The van der Waals surface area contributed by atoms with Gasteiger partial charge in [-0.3, -0.25) is 14.4 Å². The molecule has 0 bridgehead atoms. The van der Waals surface area contributed by atoms with Crippen LogP contribution in [0, 0.1) is 0 Å². The molecule has 6 nitrogen and oxygen atoms in total. The Hall–Kier alpha value is -3.15. The molecule has 1 N–H and O–H groups in total. The smallest absolute Gasteiger partial charge is 0.307 e. The van der Waals surface area contributed by atoms with Crippen LogP contribution in [0.5, 0.6) is 0 Å². The quantitative estimate of drug-likeness (QED) is 0.823. The van der Waals surface area contributed by atoms with E-state index in [0.29, 0.717) is 42.9 Å². The molecule has 0 unspecified atom stereocenters. The number of Topliss-reactive ketones (excluding diaryl/α,β-unsaturated/α-hetero) is 1. The minimum absolute atomic E-state index is 0.0389. The molecule has 1 fully saturated rings. The standard InChI is InChI=1S/C21H22N2O4/c1-15(24)16-6-8-18(9-7-16)22-10-12-23(13-11-22)21(27)19-5-3-2-4-17(19)14-20(25)26/h2-9H,10-14H2,1H3,(H,25,26). The fourth-order valence-electron chi connectivity index (χ4n) is 3.29. The summed E-state index contributed by atoms with van der Waals surface area (Å²) in [6.07, 6.45) is -0.162. The molecule has 2 aromatic rings. The number of piperazine rings is 1. The third-order valence-corrected chi connectivity index (χ3v) is 4.80. The van der Waals surface area contributed by atoms with Crippen molar-refractivity contribution in [2.24, 2.45) is 0 Å². The Labute approximate surface area is 158 Å². The lowest BCUT2D eigenvalue weighted by Crippen LogP contribution is -2.49. The summed E-state index contributed by atoms with van der Waals surface area (Å²) >= 11 is 0. The lowest BCUT2D eigenvalue weighted by Gasteiger charge is -2.36. The van der Waals surface area contributed by atoms with E-state index in [1.54, 1.807) is 36.1 Å². The van der Waals surface area contributed by atoms with E-state index in [1.165, 1.54) is 0 Å². The number of hydrogen-bond acceptors (Lipinski definition) is 4. The van der Waals surface area contributed by atoms with E-state index in [2.05, 4.69) is 4.90 Å². The number of benzene rings is 2. The number of hydrogen-bond donors (Lipinski definition) is 1. The molecule has 1 aliphatic rings. The van der Waals surface area contributed by atoms with Crippen LogP contribution in [0.2, 0.25) is 0 Å². The largest absolute Gasteiger partial charge is 0.481 e. The number of carbonyl (C=O) groups is 3. The molecule has 1 heterocycles. The van der Waals surface area contributed by atoms with Crippen molar-refractivity contribution in [1.29, 1.82) is 0 Å². The minimum atomic E-state index is -0.950. The van der Waals surface area contributed by atoms with Gasteiger partial charge < -0.3 is 14.9 Å². The van der Waals surface area contributed by atoms with Gasteiger partial charge in [0, 0.05) is 43.0 Å². The first kappa shape index (κ1) is 18.6. The number of aliphatic carboxylic acids is 1. The molecule has 0 spiro atoms. The SMILES string of the molecule is CC(=O)c1ccc(N2CCN(C(=O)c3ccccc3CC(=O)O)CC2)cc1. The summed E-state index contributed by atoms with van der Waals surface area (Å²) in [4.78, 5) is 39.2. The molecule has 0 aliphatic carbocycles. The van der Waals surface area contributed by atoms with Crippen LogP contribution in [-0.4, -0.2) is 53.8 Å². The number of amides is 1. The summed E-state index contributed by atoms with van der Waals surface area (Å²) in [7, 11) is 0. The zero-order valence-electron chi connectivity index (χ0n) is 15.2. The van der Waals surface area contributed by atoms with E-state index >= 15 is 0 Å². The Bertz CT molecular complexity index is 853. The van der Waals surface area contributed by atoms with Crippen molar-refractivity contribution < 1.29 is 19.5 Å². The van der Waals surface area contributed by atoms with E-state index in [0.717, 1.165) is 5.69 Å². The van der Waals surface area contributed by atoms with E-state index in [4.69, 9.17) is 5.11 Å². The summed E-state index contributed by atoms with van der Waals surface area (Å²) in [6.45, 7) is 4.05. The van der Waals surface area contributed by atoms with Gasteiger partial charge in [-0.15, -0.1) is 0 Å². The third kappa shape index (κ3) is 4.34. The average Bonchev–Trinajstić information content (AvgIpc) is 2.68. The van der Waals surface area contributed by atoms with Crippen molar-refractivity contribution in [1.82, 2.24) is 4.90 Å². The number of carboxylic acids is 1. The fraction of sp³-hybridized carbons (Fsp3) is 0.286. The summed E-state index contributed by atoms with van der Waals surface area (Å²) in [5, 5.41) is 9.05. The molecule has 1 aliphatic heterocycles. The van der Waals surface area contributed by atoms with Crippen molar-refractivity contribution >= 4 is 23.3 Å². The van der Waals surface area contributed by atoms with Crippen LogP contribution in [0.4, 0.5) is 5.69 Å². The van der Waals surface area contributed by atoms with Gasteiger partial charge in [0.2, 0.25) is 0 Å². The Kier molecular flexibility index (Phi) is 5.54. The molecule has 27 heavy (non-hydrogen) atoms. The minimum Gasteiger partial charge on any atom is -0.481 e. The fourth-order valence-corrected chi connectivity index (χ4v) is 3.29. The van der Waals surface area contributed by atoms with Crippen LogP contribution < -0.4 is 4.90 Å². The van der Waals surface area contributed by atoms with E-state index in [-0.39, 0.29) is 18.1 Å². The van der Waals surface area contributed by atoms with Gasteiger partial charge in [0.1, 0.15) is 0 Å². The monoisotopic (exact) mass is 366 g/mol. The molecule has 3 rings (SSSR count). The molecular formula is C21H22N2O4. The lowest BCUT2D eigenvalue weighted by atomic mass is 10.0. The number of nitrogens with zero attached hydrogens (tertiary/aromatic N) is 2. The first-order valence-corrected chi connectivity index (χ1v) is 8.90. The highest BCUT2D eigenvalue weighted by molar-refractivity contribution is 5.97. The van der Waals surface area contributed by atoms with Crippen molar-refractivity contribution in [2.45, 2.75) is 13.3 Å². The van der Waals surface area contributed by atoms with Gasteiger partial charge in [0.15, 0.2) is 5.78 Å². The summed E-state index contributed by atoms with van der Waals surface area (Å²) < 4.78 is 0. The van der Waals surface area contributed by atoms with Gasteiger partial charge in [0.05, 0.1) is 6.42 Å². The molecule has 6 heteroatoms. The molecule has 2 aromatic carbocycles. The van der Waals surface area contributed by atoms with Gasteiger partial charge in [-0.2, -0.15) is 0 Å². The third-order valence-electron chi connectivity index (χ3n) is 4.80. The summed E-state index contributed by atoms with van der Waals surface area (Å²) in [5.74, 6) is -1.04. The predicted octanol–water partition coefficient (Wildman–Crippen LogP) is 2.48. The van der Waals surface area contributed by atoms with E-state index in [1.807, 2.05) is 24.3 Å². The second-order valence-corrected chi connectivity index (χ2v) is 6.61. The Balaban J connectivity index is 1.66. The first-order chi connectivity index (χ1) is 13.0. The molecule has 140 valence electrons. The number of anilines is 1. The molecule has 0 radical (unpaired) electrons. The number of rotatable bonds is 5. The molecule has 1 saturated heterocycles. The number of carbonyl (C=O) groups excluding carboxylic acids is 2. The Morgan fingerprint density at radius 1 is 0.926 bits per heavy atom. The van der Waals surface area contributed by atoms with Gasteiger partial charge in [-0.25, -0.2) is 0 Å². The van der Waals surface area contributed by atoms with Gasteiger partial charge in [-0.1, -0.05) is 18.2 Å². The van der Waals surface area contributed by atoms with Crippen molar-refractivity contribution in [3.63, 3.8) is 0 Å². The van der Waals surface area contributed by atoms with Gasteiger partial charge in [0.25, 0.3) is 5.91 Å². The number of ketones is 1. The Morgan fingerprint density at radius 3 is 2.15 bits per heavy atom. The summed E-state index contributed by atoms with van der Waals surface area (Å²) in [6, 6.07) is 14.4. The molecule has 0 atom stereocenters. The second kappa shape index (κ2) is 8.03. The van der Waals surface area contributed by atoms with Crippen molar-refractivity contribution in [3.05, 3.63) is 65.2 Å². The van der Waals surface area contributed by atoms with Crippen LogP contribution >= 0.6 is 0 Å². The molecule has 0 aromatic heterocycles. The topological polar surface area (TPSA) is 77.9 Å².